The summed E-state index contributed by atoms with van der Waals surface area (Å²) < 4.78 is 44.6. The molecule has 496 valence electrons. The summed E-state index contributed by atoms with van der Waals surface area (Å²) in [5.74, 6) is -20.3. The maximum atomic E-state index is 12.8. The van der Waals surface area contributed by atoms with Gasteiger partial charge in [-0.05, 0) is 218 Å². The van der Waals surface area contributed by atoms with Crippen molar-refractivity contribution in [3.63, 3.8) is 0 Å². The van der Waals surface area contributed by atoms with E-state index in [0.717, 1.165) is 0 Å². The zero-order valence-electron chi connectivity index (χ0n) is 58.6. The number of Topliss-reactive ketones (excluding diaryl/α,β-unsaturated/α-hetero) is 4. The zero-order valence-corrected chi connectivity index (χ0v) is 60.2. The normalized spacial score (nSPS) is 13.4. The van der Waals surface area contributed by atoms with E-state index in [1.165, 1.54) is 0 Å². The predicted molar refractivity (Wildman–Crippen MR) is 314 cm³/mol. The van der Waals surface area contributed by atoms with Crippen molar-refractivity contribution in [3.8, 4) is 0 Å². The van der Waals surface area contributed by atoms with Crippen LogP contribution in [-0.2, 0) is 98.0 Å². The number of hydrogen-bond donors (Lipinski definition) is 0. The van der Waals surface area contributed by atoms with Gasteiger partial charge < -0.3 is 77.5 Å². The van der Waals surface area contributed by atoms with E-state index in [-0.39, 0.29) is 21.7 Å². The predicted octanol–water partition coefficient (Wildman–Crippen LogP) is 8.27. The average molecular weight is 1250 g/mol. The van der Waals surface area contributed by atoms with Gasteiger partial charge in [0.15, 0.2) is 0 Å². The summed E-state index contributed by atoms with van der Waals surface area (Å²) >= 11 is 0. The monoisotopic (exact) mass is 1250 g/mol. The molecule has 0 aliphatic carbocycles. The second-order valence-electron chi connectivity index (χ2n) is 28.8. The summed E-state index contributed by atoms with van der Waals surface area (Å²) in [6.45, 7) is 54.9. The number of carboxylic acid groups (broad SMARTS) is 4. The molecule has 21 heteroatoms. The molecule has 85 heavy (non-hydrogen) atoms. The van der Waals surface area contributed by atoms with E-state index < -0.39 is 139 Å². The van der Waals surface area contributed by atoms with Crippen LogP contribution in [0.1, 0.15) is 273 Å². The van der Waals surface area contributed by atoms with Gasteiger partial charge >= 0.3 is 21.7 Å². The number of ether oxygens (including phenoxy) is 8. The number of ketones is 4. The van der Waals surface area contributed by atoms with Crippen LogP contribution in [0.5, 0.6) is 0 Å². The molecule has 0 saturated heterocycles. The fraction of sp³-hybridized carbons (Fsp3) is 0.875. The first-order chi connectivity index (χ1) is 37.2. The number of carbonyl (C=O) groups excluding carboxylic acids is 8. The first kappa shape index (κ1) is 90.7. The minimum absolute atomic E-state index is 0. The molecule has 0 unspecified atom stereocenters. The molecule has 0 aromatic carbocycles. The molecule has 20 nitrogen and oxygen atoms in total. The Morgan fingerprint density at radius 1 is 0.235 bits per heavy atom. The van der Waals surface area contributed by atoms with Crippen molar-refractivity contribution in [2.75, 3.05) is 0 Å². The van der Waals surface area contributed by atoms with Gasteiger partial charge in [-0.1, -0.05) is 55.4 Å². The SMILES string of the molecule is CCC(CC)C(=O)C(OC(C)(C)C)(OC(C)(C)C)C(=O)[O-].CCC(CC)C(=O)C(OC(C)(C)C)(OC(C)(C)C)C(=O)[O-].CCC(CC)C(=O)C(OC(C)(C)C)(OC(C)(C)C)C(=O)[O-].CCC(CC)C(=O)C(OC(C)(C)C)(OC(C)(C)C)C(=O)[O-].[Ti+4]. The molecule has 0 saturated carbocycles. The van der Waals surface area contributed by atoms with E-state index in [9.17, 15) is 58.8 Å². The molecule has 0 aliphatic heterocycles. The van der Waals surface area contributed by atoms with Crippen LogP contribution >= 0.6 is 0 Å². The van der Waals surface area contributed by atoms with Gasteiger partial charge in [0.1, 0.15) is 23.9 Å². The summed E-state index contributed by atoms with van der Waals surface area (Å²) in [7, 11) is 0. The van der Waals surface area contributed by atoms with Gasteiger partial charge in [-0.3, -0.25) is 19.2 Å². The fourth-order valence-electron chi connectivity index (χ4n) is 8.38. The van der Waals surface area contributed by atoms with E-state index in [2.05, 4.69) is 0 Å². The van der Waals surface area contributed by atoms with Crippen LogP contribution in [0.2, 0.25) is 0 Å². The number of aliphatic carboxylic acids is 4. The Hall–Kier alpha value is -3.05. The van der Waals surface area contributed by atoms with Gasteiger partial charge in [0, 0.05) is 23.7 Å². The molecular formula is C64H116O20Ti. The number of carboxylic acids is 4. The first-order valence-corrected chi connectivity index (χ1v) is 29.8. The molecule has 0 bridgehead atoms. The minimum atomic E-state index is -2.38. The van der Waals surface area contributed by atoms with Crippen molar-refractivity contribution >= 4 is 47.0 Å². The molecule has 0 rings (SSSR count). The van der Waals surface area contributed by atoms with Crippen LogP contribution < -0.4 is 20.4 Å². The van der Waals surface area contributed by atoms with Crippen LogP contribution in [0.4, 0.5) is 0 Å². The van der Waals surface area contributed by atoms with Crippen molar-refractivity contribution in [1.82, 2.24) is 0 Å². The summed E-state index contributed by atoms with van der Waals surface area (Å²) in [5.41, 5.74) is -6.94. The summed E-state index contributed by atoms with van der Waals surface area (Å²) in [6, 6.07) is 0. The van der Waals surface area contributed by atoms with E-state index >= 15 is 0 Å². The van der Waals surface area contributed by atoms with Crippen LogP contribution in [0.3, 0.4) is 0 Å². The summed E-state index contributed by atoms with van der Waals surface area (Å²) in [6.07, 6.45) is 4.15. The van der Waals surface area contributed by atoms with Crippen LogP contribution in [0.25, 0.3) is 0 Å². The second-order valence-corrected chi connectivity index (χ2v) is 28.8. The van der Waals surface area contributed by atoms with E-state index in [1.54, 1.807) is 166 Å². The van der Waals surface area contributed by atoms with Crippen LogP contribution in [0, 0.1) is 23.7 Å². The van der Waals surface area contributed by atoms with Crippen molar-refractivity contribution in [2.45, 2.75) is 341 Å². The molecule has 0 amide bonds. The second kappa shape index (κ2) is 35.4. The minimum Gasteiger partial charge on any atom is -0.544 e. The average Bonchev–Trinajstić information content (AvgIpc) is 3.26. The third-order valence-corrected chi connectivity index (χ3v) is 11.4. The standard InChI is InChI=1S/4C16H30O5.Ti/c4*1-9-11(10-2)12(17)16(13(18)19,20-14(3,4)5)21-15(6,7)8;/h4*11H,9-10H2,1-8H3,(H,18,19);/q;;;;+4/p-4. The van der Waals surface area contributed by atoms with Gasteiger partial charge in [-0.25, -0.2) is 0 Å². The van der Waals surface area contributed by atoms with Crippen LogP contribution in [0.15, 0.2) is 0 Å². The molecular weight excluding hydrogens is 1140 g/mol. The van der Waals surface area contributed by atoms with Gasteiger partial charge in [0.2, 0.25) is 23.1 Å². The van der Waals surface area contributed by atoms with Gasteiger partial charge in [0.25, 0.3) is 23.1 Å². The van der Waals surface area contributed by atoms with Gasteiger partial charge in [-0.15, -0.1) is 0 Å². The maximum Gasteiger partial charge on any atom is 4.00 e. The Kier molecular flexibility index (Phi) is 37.7. The molecule has 0 N–H and O–H groups in total. The van der Waals surface area contributed by atoms with Crippen molar-refractivity contribution in [2.24, 2.45) is 23.7 Å². The van der Waals surface area contributed by atoms with Crippen molar-refractivity contribution in [3.05, 3.63) is 0 Å². The third kappa shape index (κ3) is 32.3. The number of hydrogen-bond acceptors (Lipinski definition) is 20. The van der Waals surface area contributed by atoms with Crippen molar-refractivity contribution in [1.29, 1.82) is 0 Å². The molecule has 0 spiro atoms. The smallest absolute Gasteiger partial charge is 0.544 e. The Morgan fingerprint density at radius 2 is 0.318 bits per heavy atom. The molecule has 0 radical (unpaired) electrons. The zero-order chi connectivity index (χ0) is 68.2. The number of rotatable bonds is 28. The largest absolute Gasteiger partial charge is 4.00 e. The van der Waals surface area contributed by atoms with E-state index in [4.69, 9.17) is 37.9 Å². The van der Waals surface area contributed by atoms with Crippen LogP contribution in [-0.4, -0.2) is 115 Å². The quantitative estimate of drug-likeness (QED) is 0.0404. The molecule has 0 fully saturated rings. The summed E-state index contributed by atoms with van der Waals surface area (Å²) in [4.78, 5) is 98.1. The topological polar surface area (TPSA) is 303 Å². The molecule has 0 aromatic rings. The fourth-order valence-corrected chi connectivity index (χ4v) is 8.38. The Labute approximate surface area is 527 Å². The summed E-state index contributed by atoms with van der Waals surface area (Å²) in [5, 5.41) is 47.1. The van der Waals surface area contributed by atoms with E-state index in [0.29, 0.717) is 51.4 Å². The van der Waals surface area contributed by atoms with Gasteiger partial charge in [-0.2, -0.15) is 0 Å². The van der Waals surface area contributed by atoms with Gasteiger partial charge in [0.05, 0.1) is 44.8 Å². The molecule has 0 atom stereocenters. The number of carbonyl (C=O) groups is 8. The third-order valence-electron chi connectivity index (χ3n) is 11.4. The maximum absolute atomic E-state index is 12.8. The Bertz CT molecular complexity index is 1720. The molecule has 0 aliphatic rings. The molecule has 0 aromatic heterocycles. The van der Waals surface area contributed by atoms with E-state index in [1.807, 2.05) is 55.4 Å². The van der Waals surface area contributed by atoms with Crippen molar-refractivity contribution < 1.29 is 118 Å². The Balaban J connectivity index is -0.000000333. The Morgan fingerprint density at radius 3 is 0.365 bits per heavy atom. The molecule has 0 heterocycles. The first-order valence-electron chi connectivity index (χ1n) is 29.8.